The summed E-state index contributed by atoms with van der Waals surface area (Å²) in [5.41, 5.74) is 0. The van der Waals surface area contributed by atoms with Crippen molar-refractivity contribution in [3.05, 3.63) is 0 Å². The standard InChI is InChI=1S/C21H45N2OP/c1-10-11-12-13-14-15-21(24)16-25(22(17(2)3)18(4)5)23(19(6)7)20(8)9/h17-20H,10-16H2,1-9H3. The van der Waals surface area contributed by atoms with E-state index < -0.39 is 8.22 Å². The Morgan fingerprint density at radius 2 is 1.12 bits per heavy atom. The van der Waals surface area contributed by atoms with Gasteiger partial charge in [-0.05, 0) is 61.8 Å². The predicted molar refractivity (Wildman–Crippen MR) is 114 cm³/mol. The van der Waals surface area contributed by atoms with Crippen molar-refractivity contribution >= 4 is 14.0 Å². The Labute approximate surface area is 159 Å². The monoisotopic (exact) mass is 372 g/mol. The van der Waals surface area contributed by atoms with Crippen molar-refractivity contribution in [3.63, 3.8) is 0 Å². The van der Waals surface area contributed by atoms with Crippen molar-refractivity contribution < 1.29 is 4.79 Å². The molecule has 0 bridgehead atoms. The lowest BCUT2D eigenvalue weighted by molar-refractivity contribution is -0.116. The van der Waals surface area contributed by atoms with Crippen LogP contribution in [0.3, 0.4) is 0 Å². The summed E-state index contributed by atoms with van der Waals surface area (Å²) in [6.45, 7) is 20.4. The van der Waals surface area contributed by atoms with E-state index in [2.05, 4.69) is 71.7 Å². The number of Topliss-reactive ketones (excluding diaryl/α,β-unsaturated/α-hetero) is 1. The number of carbonyl (C=O) groups is 1. The maximum atomic E-state index is 12.7. The minimum atomic E-state index is -0.595. The number of hydrogen-bond acceptors (Lipinski definition) is 3. The van der Waals surface area contributed by atoms with E-state index in [4.69, 9.17) is 0 Å². The number of rotatable bonds is 14. The summed E-state index contributed by atoms with van der Waals surface area (Å²) in [7, 11) is -0.595. The Morgan fingerprint density at radius 1 is 0.720 bits per heavy atom. The first kappa shape index (κ1) is 25.0. The molecule has 0 fully saturated rings. The van der Waals surface area contributed by atoms with Crippen LogP contribution in [-0.2, 0) is 4.79 Å². The maximum Gasteiger partial charge on any atom is 0.139 e. The SMILES string of the molecule is CCCCCCCC(=O)CP(N(C(C)C)C(C)C)N(C(C)C)C(C)C. The van der Waals surface area contributed by atoms with E-state index in [0.717, 1.165) is 19.0 Å². The minimum absolute atomic E-state index is 0.459. The Balaban J connectivity index is 5.09. The first-order valence-electron chi connectivity index (χ1n) is 10.5. The molecule has 0 aliphatic rings. The molecule has 0 rings (SSSR count). The van der Waals surface area contributed by atoms with Crippen LogP contribution in [0.15, 0.2) is 0 Å². The lowest BCUT2D eigenvalue weighted by Gasteiger charge is -2.47. The zero-order valence-electron chi connectivity index (χ0n) is 18.5. The van der Waals surface area contributed by atoms with Gasteiger partial charge in [-0.2, -0.15) is 0 Å². The normalized spacial score (nSPS) is 12.8. The van der Waals surface area contributed by atoms with Gasteiger partial charge in [0.25, 0.3) is 0 Å². The van der Waals surface area contributed by atoms with Crippen LogP contribution in [0.5, 0.6) is 0 Å². The molecule has 0 amide bonds. The fourth-order valence-electron chi connectivity index (χ4n) is 3.70. The van der Waals surface area contributed by atoms with Gasteiger partial charge in [0.15, 0.2) is 0 Å². The smallest absolute Gasteiger partial charge is 0.139 e. The van der Waals surface area contributed by atoms with Crippen LogP contribution >= 0.6 is 8.22 Å². The van der Waals surface area contributed by atoms with Gasteiger partial charge < -0.3 is 0 Å². The molecule has 0 heterocycles. The topological polar surface area (TPSA) is 23.6 Å². The van der Waals surface area contributed by atoms with Crippen molar-refractivity contribution in [2.24, 2.45) is 0 Å². The second-order valence-electron chi connectivity index (χ2n) is 8.37. The quantitative estimate of drug-likeness (QED) is 0.258. The zero-order chi connectivity index (χ0) is 19.6. The van der Waals surface area contributed by atoms with E-state index in [0.29, 0.717) is 30.0 Å². The molecule has 0 unspecified atom stereocenters. The molecule has 25 heavy (non-hydrogen) atoms. The molecule has 0 saturated carbocycles. The highest BCUT2D eigenvalue weighted by atomic mass is 31.1. The van der Waals surface area contributed by atoms with Crippen LogP contribution in [0.4, 0.5) is 0 Å². The van der Waals surface area contributed by atoms with Crippen LogP contribution < -0.4 is 0 Å². The molecule has 0 aliphatic carbocycles. The van der Waals surface area contributed by atoms with E-state index in [1.807, 2.05) is 0 Å². The van der Waals surface area contributed by atoms with Crippen LogP contribution in [0, 0.1) is 0 Å². The number of ketones is 1. The lowest BCUT2D eigenvalue weighted by atomic mass is 10.1. The number of unbranched alkanes of at least 4 members (excludes halogenated alkanes) is 4. The fraction of sp³-hybridized carbons (Fsp3) is 0.952. The molecule has 0 saturated heterocycles. The molecule has 0 aromatic heterocycles. The molecule has 0 aromatic rings. The third-order valence-corrected chi connectivity index (χ3v) is 8.08. The average molecular weight is 373 g/mol. The molecule has 0 aliphatic heterocycles. The second kappa shape index (κ2) is 13.2. The number of nitrogens with zero attached hydrogens (tertiary/aromatic N) is 2. The lowest BCUT2D eigenvalue weighted by Crippen LogP contribution is -2.44. The van der Waals surface area contributed by atoms with Gasteiger partial charge >= 0.3 is 0 Å². The molecule has 150 valence electrons. The summed E-state index contributed by atoms with van der Waals surface area (Å²) in [4.78, 5) is 12.7. The zero-order valence-corrected chi connectivity index (χ0v) is 19.4. The summed E-state index contributed by atoms with van der Waals surface area (Å²) in [5.74, 6) is 0.459. The number of carbonyl (C=O) groups excluding carboxylic acids is 1. The third kappa shape index (κ3) is 9.50. The maximum absolute atomic E-state index is 12.7. The Kier molecular flexibility index (Phi) is 13.2. The van der Waals surface area contributed by atoms with E-state index in [9.17, 15) is 4.79 Å². The van der Waals surface area contributed by atoms with Gasteiger partial charge in [-0.3, -0.25) is 14.1 Å². The van der Waals surface area contributed by atoms with Gasteiger partial charge in [0.1, 0.15) is 5.78 Å². The van der Waals surface area contributed by atoms with E-state index in [1.165, 1.54) is 25.7 Å². The van der Waals surface area contributed by atoms with Gasteiger partial charge in [-0.25, -0.2) is 0 Å². The number of hydrogen-bond donors (Lipinski definition) is 0. The summed E-state index contributed by atoms with van der Waals surface area (Å²) >= 11 is 0. The molecule has 3 nitrogen and oxygen atoms in total. The van der Waals surface area contributed by atoms with Gasteiger partial charge in [0, 0.05) is 38.8 Å². The Bertz CT molecular complexity index is 320. The largest absolute Gasteiger partial charge is 0.299 e. The van der Waals surface area contributed by atoms with Crippen molar-refractivity contribution in [1.82, 2.24) is 9.34 Å². The Hall–Kier alpha value is 0.0200. The molecule has 0 N–H and O–H groups in total. The highest BCUT2D eigenvalue weighted by molar-refractivity contribution is 7.53. The van der Waals surface area contributed by atoms with E-state index >= 15 is 0 Å². The van der Waals surface area contributed by atoms with Crippen LogP contribution in [0.2, 0.25) is 0 Å². The van der Waals surface area contributed by atoms with Gasteiger partial charge in [0.05, 0.1) is 6.16 Å². The molecule has 0 spiro atoms. The van der Waals surface area contributed by atoms with Gasteiger partial charge in [-0.1, -0.05) is 32.6 Å². The van der Waals surface area contributed by atoms with E-state index in [1.54, 1.807) is 0 Å². The van der Waals surface area contributed by atoms with Crippen molar-refractivity contribution in [3.8, 4) is 0 Å². The van der Waals surface area contributed by atoms with Crippen molar-refractivity contribution in [2.75, 3.05) is 6.16 Å². The second-order valence-corrected chi connectivity index (χ2v) is 10.4. The third-order valence-electron chi connectivity index (χ3n) is 4.53. The van der Waals surface area contributed by atoms with Crippen LogP contribution in [0.25, 0.3) is 0 Å². The highest BCUT2D eigenvalue weighted by Gasteiger charge is 2.33. The first-order valence-corrected chi connectivity index (χ1v) is 11.9. The molecule has 0 atom stereocenters. The summed E-state index contributed by atoms with van der Waals surface area (Å²) < 4.78 is 5.18. The van der Waals surface area contributed by atoms with Gasteiger partial charge in [0.2, 0.25) is 0 Å². The first-order chi connectivity index (χ1) is 11.6. The van der Waals surface area contributed by atoms with E-state index in [-0.39, 0.29) is 0 Å². The molecular formula is C21H45N2OP. The minimum Gasteiger partial charge on any atom is -0.299 e. The molecule has 4 heteroatoms. The Morgan fingerprint density at radius 3 is 1.48 bits per heavy atom. The molecular weight excluding hydrogens is 327 g/mol. The van der Waals surface area contributed by atoms with Crippen LogP contribution in [0.1, 0.15) is 101 Å². The fourth-order valence-corrected chi connectivity index (χ4v) is 6.88. The average Bonchev–Trinajstić information content (AvgIpc) is 2.45. The van der Waals surface area contributed by atoms with Crippen molar-refractivity contribution in [1.29, 1.82) is 0 Å². The van der Waals surface area contributed by atoms with Crippen LogP contribution in [-0.4, -0.2) is 45.5 Å². The summed E-state index contributed by atoms with van der Waals surface area (Å²) in [5, 5.41) is 0. The van der Waals surface area contributed by atoms with Gasteiger partial charge in [-0.15, -0.1) is 0 Å². The summed E-state index contributed by atoms with van der Waals surface area (Å²) in [6.07, 6.45) is 7.57. The predicted octanol–water partition coefficient (Wildman–Crippen LogP) is 6.47. The highest BCUT2D eigenvalue weighted by Crippen LogP contribution is 2.49. The molecule has 0 radical (unpaired) electrons. The molecule has 0 aromatic carbocycles. The summed E-state index contributed by atoms with van der Waals surface area (Å²) in [6, 6.07) is 1.85. The van der Waals surface area contributed by atoms with Crippen molar-refractivity contribution in [2.45, 2.75) is 125 Å².